The van der Waals surface area contributed by atoms with Crippen molar-refractivity contribution in [3.8, 4) is 6.07 Å². The molecule has 0 radical (unpaired) electrons. The highest BCUT2D eigenvalue weighted by Crippen LogP contribution is 2.23. The minimum Gasteiger partial charge on any atom is -0.268 e. The minimum absolute atomic E-state index is 0.119. The second kappa shape index (κ2) is 6.71. The van der Waals surface area contributed by atoms with Gasteiger partial charge in [-0.3, -0.25) is 4.79 Å². The Morgan fingerprint density at radius 3 is 2.57 bits per heavy atom. The Morgan fingerprint density at radius 1 is 1.26 bits per heavy atom. The second-order valence-corrected chi connectivity index (χ2v) is 7.72. The Bertz CT molecular complexity index is 916. The third-order valence-electron chi connectivity index (χ3n) is 2.98. The molecule has 118 valence electrons. The number of nitrogens with zero attached hydrogens (tertiary/aromatic N) is 1. The van der Waals surface area contributed by atoms with Crippen molar-refractivity contribution in [2.75, 3.05) is 0 Å². The van der Waals surface area contributed by atoms with E-state index in [0.29, 0.717) is 10.0 Å². The van der Waals surface area contributed by atoms with E-state index in [1.54, 1.807) is 19.1 Å². The fraction of sp³-hybridized carbons (Fsp3) is 0.0667. The summed E-state index contributed by atoms with van der Waals surface area (Å²) in [6, 6.07) is 10.5. The van der Waals surface area contributed by atoms with Gasteiger partial charge in [0.15, 0.2) is 0 Å². The SMILES string of the molecule is Cc1ccc(C#N)cc1C(=O)NS(=O)(=O)c1cc(Cl)cc(Br)c1. The van der Waals surface area contributed by atoms with E-state index in [1.165, 1.54) is 24.3 Å². The predicted molar refractivity (Wildman–Crippen MR) is 89.7 cm³/mol. The van der Waals surface area contributed by atoms with Crippen molar-refractivity contribution in [1.29, 1.82) is 5.26 Å². The van der Waals surface area contributed by atoms with Crippen LogP contribution < -0.4 is 4.72 Å². The number of aryl methyl sites for hydroxylation is 1. The molecule has 0 aliphatic heterocycles. The van der Waals surface area contributed by atoms with Crippen LogP contribution in [0.25, 0.3) is 0 Å². The lowest BCUT2D eigenvalue weighted by Crippen LogP contribution is -2.31. The molecular weight excluding hydrogens is 404 g/mol. The standard InChI is InChI=1S/C15H10BrClN2O3S/c1-9-2-3-10(8-18)4-14(9)15(20)19-23(21,22)13-6-11(16)5-12(17)7-13/h2-7H,1H3,(H,19,20). The van der Waals surface area contributed by atoms with Gasteiger partial charge in [0.25, 0.3) is 15.9 Å². The van der Waals surface area contributed by atoms with Crippen LogP contribution in [0.3, 0.4) is 0 Å². The first-order valence-corrected chi connectivity index (χ1v) is 8.92. The van der Waals surface area contributed by atoms with Gasteiger partial charge < -0.3 is 0 Å². The molecule has 2 rings (SSSR count). The number of nitrogens with one attached hydrogen (secondary N) is 1. The van der Waals surface area contributed by atoms with Gasteiger partial charge in [0.05, 0.1) is 16.5 Å². The first-order valence-electron chi connectivity index (χ1n) is 6.27. The van der Waals surface area contributed by atoms with Gasteiger partial charge in [0.2, 0.25) is 0 Å². The summed E-state index contributed by atoms with van der Waals surface area (Å²) in [6.45, 7) is 1.65. The summed E-state index contributed by atoms with van der Waals surface area (Å²) in [7, 11) is -4.09. The maximum atomic E-state index is 12.3. The van der Waals surface area contributed by atoms with Gasteiger partial charge in [-0.25, -0.2) is 13.1 Å². The summed E-state index contributed by atoms with van der Waals surface area (Å²) < 4.78 is 27.1. The Labute approximate surface area is 147 Å². The molecular formula is C15H10BrClN2O3S. The smallest absolute Gasteiger partial charge is 0.265 e. The highest BCUT2D eigenvalue weighted by atomic mass is 79.9. The van der Waals surface area contributed by atoms with Crippen LogP contribution in [0.1, 0.15) is 21.5 Å². The molecule has 1 amide bonds. The number of carbonyl (C=O) groups excluding carboxylic acids is 1. The molecule has 0 saturated carbocycles. The maximum absolute atomic E-state index is 12.3. The van der Waals surface area contributed by atoms with Crippen molar-refractivity contribution in [1.82, 2.24) is 4.72 Å². The molecule has 23 heavy (non-hydrogen) atoms. The van der Waals surface area contributed by atoms with Crippen molar-refractivity contribution in [2.24, 2.45) is 0 Å². The van der Waals surface area contributed by atoms with E-state index in [2.05, 4.69) is 15.9 Å². The molecule has 5 nitrogen and oxygen atoms in total. The van der Waals surface area contributed by atoms with E-state index in [1.807, 2.05) is 10.8 Å². The summed E-state index contributed by atoms with van der Waals surface area (Å²) in [5.41, 5.74) is 0.946. The van der Waals surface area contributed by atoms with E-state index < -0.39 is 15.9 Å². The largest absolute Gasteiger partial charge is 0.268 e. The van der Waals surface area contributed by atoms with E-state index in [4.69, 9.17) is 16.9 Å². The topological polar surface area (TPSA) is 87.0 Å². The first kappa shape index (κ1) is 17.5. The number of sulfonamides is 1. The summed E-state index contributed by atoms with van der Waals surface area (Å²) in [5, 5.41) is 9.10. The quantitative estimate of drug-likeness (QED) is 0.835. The van der Waals surface area contributed by atoms with Gasteiger partial charge in [-0.15, -0.1) is 0 Å². The zero-order chi connectivity index (χ0) is 17.2. The molecule has 2 aromatic rings. The zero-order valence-corrected chi connectivity index (χ0v) is 15.0. The van der Waals surface area contributed by atoms with Crippen LogP contribution in [0.15, 0.2) is 45.8 Å². The number of hydrogen-bond acceptors (Lipinski definition) is 4. The molecule has 0 bridgehead atoms. The molecule has 0 atom stereocenters. The molecule has 0 spiro atoms. The molecule has 0 aromatic heterocycles. The molecule has 1 N–H and O–H groups in total. The summed E-state index contributed by atoms with van der Waals surface area (Å²) in [6.07, 6.45) is 0. The Hall–Kier alpha value is -1.88. The number of benzene rings is 2. The molecule has 0 unspecified atom stereocenters. The summed E-state index contributed by atoms with van der Waals surface area (Å²) in [4.78, 5) is 12.1. The van der Waals surface area contributed by atoms with Crippen LogP contribution in [0.4, 0.5) is 0 Å². The van der Waals surface area contributed by atoms with Gasteiger partial charge in [0.1, 0.15) is 0 Å². The van der Waals surface area contributed by atoms with Crippen molar-refractivity contribution < 1.29 is 13.2 Å². The molecule has 0 fully saturated rings. The van der Waals surface area contributed by atoms with E-state index >= 15 is 0 Å². The van der Waals surface area contributed by atoms with Crippen LogP contribution >= 0.6 is 27.5 Å². The highest BCUT2D eigenvalue weighted by Gasteiger charge is 2.21. The fourth-order valence-electron chi connectivity index (χ4n) is 1.86. The maximum Gasteiger partial charge on any atom is 0.265 e. The number of amides is 1. The van der Waals surface area contributed by atoms with Gasteiger partial charge in [0, 0.05) is 15.1 Å². The summed E-state index contributed by atoms with van der Waals surface area (Å²) >= 11 is 8.98. The van der Waals surface area contributed by atoms with E-state index in [-0.39, 0.29) is 21.0 Å². The Morgan fingerprint density at radius 2 is 1.96 bits per heavy atom. The minimum atomic E-state index is -4.09. The average molecular weight is 414 g/mol. The number of nitriles is 1. The molecule has 0 heterocycles. The monoisotopic (exact) mass is 412 g/mol. The Kier molecular flexibility index (Phi) is 5.09. The van der Waals surface area contributed by atoms with Crippen LogP contribution in [0, 0.1) is 18.3 Å². The van der Waals surface area contributed by atoms with Gasteiger partial charge in [-0.2, -0.15) is 5.26 Å². The molecule has 0 saturated heterocycles. The van der Waals surface area contributed by atoms with Gasteiger partial charge >= 0.3 is 0 Å². The first-order chi connectivity index (χ1) is 10.7. The predicted octanol–water partition coefficient (Wildman–Crippen LogP) is 3.40. The van der Waals surface area contributed by atoms with Crippen LogP contribution in [-0.2, 0) is 10.0 Å². The van der Waals surface area contributed by atoms with Crippen molar-refractivity contribution >= 4 is 43.5 Å². The zero-order valence-electron chi connectivity index (χ0n) is 11.8. The van der Waals surface area contributed by atoms with E-state index in [0.717, 1.165) is 0 Å². The molecule has 0 aliphatic rings. The molecule has 0 aliphatic carbocycles. The second-order valence-electron chi connectivity index (χ2n) is 4.68. The number of halogens is 2. The third-order valence-corrected chi connectivity index (χ3v) is 4.97. The van der Waals surface area contributed by atoms with E-state index in [9.17, 15) is 13.2 Å². The lowest BCUT2D eigenvalue weighted by atomic mass is 10.1. The number of rotatable bonds is 3. The van der Waals surface area contributed by atoms with Crippen LogP contribution in [0.2, 0.25) is 5.02 Å². The van der Waals surface area contributed by atoms with Crippen molar-refractivity contribution in [3.05, 3.63) is 62.6 Å². The Balaban J connectivity index is 2.38. The average Bonchev–Trinajstić information content (AvgIpc) is 2.46. The number of carbonyl (C=O) groups is 1. The lowest BCUT2D eigenvalue weighted by molar-refractivity contribution is 0.0981. The fourth-order valence-corrected chi connectivity index (χ4v) is 3.97. The lowest BCUT2D eigenvalue weighted by Gasteiger charge is -2.10. The van der Waals surface area contributed by atoms with Crippen LogP contribution in [0.5, 0.6) is 0 Å². The van der Waals surface area contributed by atoms with Crippen molar-refractivity contribution in [3.63, 3.8) is 0 Å². The third kappa shape index (κ3) is 4.10. The highest BCUT2D eigenvalue weighted by molar-refractivity contribution is 9.10. The van der Waals surface area contributed by atoms with Crippen molar-refractivity contribution in [2.45, 2.75) is 11.8 Å². The summed E-state index contributed by atoms with van der Waals surface area (Å²) in [5.74, 6) is -0.810. The normalized spacial score (nSPS) is 10.9. The molecule has 8 heteroatoms. The van der Waals surface area contributed by atoms with Gasteiger partial charge in [-0.1, -0.05) is 33.6 Å². The van der Waals surface area contributed by atoms with Crippen LogP contribution in [-0.4, -0.2) is 14.3 Å². The van der Waals surface area contributed by atoms with Gasteiger partial charge in [-0.05, 0) is 42.8 Å². The number of hydrogen-bond donors (Lipinski definition) is 1. The molecule has 2 aromatic carbocycles.